The lowest BCUT2D eigenvalue weighted by atomic mass is 10.0. The molecule has 0 saturated carbocycles. The zero-order chi connectivity index (χ0) is 17.7. The number of hydrogen-bond donors (Lipinski definition) is 2. The molecular weight excluding hydrogens is 547 g/mol. The van der Waals surface area contributed by atoms with Crippen molar-refractivity contribution >= 4 is 69.0 Å². The maximum Gasteiger partial charge on any atom is 0.194 e. The molecule has 2 N–H and O–H groups in total. The number of thioether (sulfide) groups is 1. The number of rotatable bonds is 5. The monoisotopic (exact) mass is 574 g/mol. The minimum atomic E-state index is -0.611. The largest absolute Gasteiger partial charge is 0.387 e. The van der Waals surface area contributed by atoms with Crippen LogP contribution in [0.25, 0.3) is 0 Å². The van der Waals surface area contributed by atoms with Crippen LogP contribution in [0, 0.1) is 0 Å². The van der Waals surface area contributed by atoms with Crippen molar-refractivity contribution in [3.63, 3.8) is 0 Å². The Balaban J connectivity index is 0.00000243. The maximum atomic E-state index is 10.5. The maximum absolute atomic E-state index is 10.5. The Bertz CT molecular complexity index is 587. The molecule has 3 heterocycles. The van der Waals surface area contributed by atoms with E-state index in [-0.39, 0.29) is 24.0 Å². The van der Waals surface area contributed by atoms with Crippen LogP contribution in [0.5, 0.6) is 0 Å². The fourth-order valence-electron chi connectivity index (χ4n) is 3.14. The van der Waals surface area contributed by atoms with Crippen molar-refractivity contribution < 1.29 is 5.11 Å². The minimum Gasteiger partial charge on any atom is -0.387 e. The molecule has 1 aromatic rings. The van der Waals surface area contributed by atoms with Gasteiger partial charge in [-0.2, -0.15) is 11.8 Å². The quantitative estimate of drug-likeness (QED) is 0.322. The Morgan fingerprint density at radius 3 is 2.69 bits per heavy atom. The molecule has 0 spiro atoms. The highest BCUT2D eigenvalue weighted by Crippen LogP contribution is 2.28. The molecule has 2 fully saturated rings. The number of nitrogens with one attached hydrogen (secondary N) is 1. The van der Waals surface area contributed by atoms with Crippen LogP contribution in [0.3, 0.4) is 0 Å². The van der Waals surface area contributed by atoms with Gasteiger partial charge in [0.2, 0.25) is 0 Å². The van der Waals surface area contributed by atoms with Crippen LogP contribution in [0.15, 0.2) is 20.9 Å². The minimum absolute atomic E-state index is 0. The Morgan fingerprint density at radius 2 is 2.12 bits per heavy atom. The van der Waals surface area contributed by atoms with Gasteiger partial charge in [-0.15, -0.1) is 35.3 Å². The van der Waals surface area contributed by atoms with Gasteiger partial charge < -0.3 is 15.3 Å². The van der Waals surface area contributed by atoms with Gasteiger partial charge in [-0.3, -0.25) is 9.89 Å². The average molecular weight is 575 g/mol. The van der Waals surface area contributed by atoms with Crippen LogP contribution in [0.2, 0.25) is 0 Å². The Labute approximate surface area is 190 Å². The molecule has 1 atom stereocenters. The average Bonchev–Trinajstić information content (AvgIpc) is 3.21. The first-order valence-corrected chi connectivity index (χ1v) is 11.6. The first kappa shape index (κ1) is 22.7. The highest BCUT2D eigenvalue weighted by Gasteiger charge is 2.32. The first-order chi connectivity index (χ1) is 12.1. The third-order valence-corrected chi connectivity index (χ3v) is 7.46. The number of aliphatic hydroxyl groups is 1. The van der Waals surface area contributed by atoms with E-state index >= 15 is 0 Å². The number of thiophene rings is 1. The lowest BCUT2D eigenvalue weighted by Gasteiger charge is -2.36. The molecule has 148 valence electrons. The molecule has 2 aliphatic heterocycles. The van der Waals surface area contributed by atoms with E-state index in [1.165, 1.54) is 8.66 Å². The van der Waals surface area contributed by atoms with Crippen LogP contribution in [-0.4, -0.2) is 77.2 Å². The highest BCUT2D eigenvalue weighted by molar-refractivity contribution is 14.0. The summed E-state index contributed by atoms with van der Waals surface area (Å²) in [6.45, 7) is 8.52. The summed E-state index contributed by atoms with van der Waals surface area (Å²) in [6.07, 6.45) is 0.852. The molecule has 9 heteroatoms. The standard InChI is InChI=1S/C17H27BrN4OS2.HI/c1-2-19-16(20-12-17(23)5-10-24-13-17)22-8-6-21(7-9-22)11-14-3-4-15(18)25-14;/h3-4,23H,2,5-13H2,1H3,(H,19,20);1H. The third-order valence-electron chi connectivity index (χ3n) is 4.62. The van der Waals surface area contributed by atoms with E-state index in [1.54, 1.807) is 0 Å². The zero-order valence-electron chi connectivity index (χ0n) is 15.1. The van der Waals surface area contributed by atoms with Gasteiger partial charge in [0.25, 0.3) is 0 Å². The lowest BCUT2D eigenvalue weighted by Crippen LogP contribution is -2.52. The zero-order valence-corrected chi connectivity index (χ0v) is 20.7. The SMILES string of the molecule is CCNC(=NCC1(O)CCSC1)N1CCN(Cc2ccc(Br)s2)CC1.I. The van der Waals surface area contributed by atoms with Crippen LogP contribution in [0.1, 0.15) is 18.2 Å². The van der Waals surface area contributed by atoms with Gasteiger partial charge in [0, 0.05) is 49.9 Å². The van der Waals surface area contributed by atoms with E-state index in [0.717, 1.165) is 63.2 Å². The number of nitrogens with zero attached hydrogens (tertiary/aromatic N) is 3. The molecule has 0 amide bonds. The Morgan fingerprint density at radius 1 is 1.35 bits per heavy atom. The van der Waals surface area contributed by atoms with Crippen molar-refractivity contribution in [1.82, 2.24) is 15.1 Å². The summed E-state index contributed by atoms with van der Waals surface area (Å²) in [5.41, 5.74) is -0.611. The van der Waals surface area contributed by atoms with E-state index in [1.807, 2.05) is 23.1 Å². The molecule has 1 unspecified atom stereocenters. The fraction of sp³-hybridized carbons (Fsp3) is 0.706. The molecule has 0 bridgehead atoms. The van der Waals surface area contributed by atoms with Crippen LogP contribution >= 0.6 is 63.0 Å². The van der Waals surface area contributed by atoms with E-state index in [0.29, 0.717) is 6.54 Å². The summed E-state index contributed by atoms with van der Waals surface area (Å²) < 4.78 is 1.20. The lowest BCUT2D eigenvalue weighted by molar-refractivity contribution is 0.0773. The predicted octanol–water partition coefficient (Wildman–Crippen LogP) is 3.08. The number of guanidine groups is 1. The molecule has 5 nitrogen and oxygen atoms in total. The van der Waals surface area contributed by atoms with Gasteiger partial charge in [0.15, 0.2) is 5.96 Å². The van der Waals surface area contributed by atoms with Crippen molar-refractivity contribution in [2.75, 3.05) is 50.8 Å². The summed E-state index contributed by atoms with van der Waals surface area (Å²) in [4.78, 5) is 11.0. The topological polar surface area (TPSA) is 51.1 Å². The van der Waals surface area contributed by atoms with Gasteiger partial charge in [-0.1, -0.05) is 0 Å². The number of hydrogen-bond acceptors (Lipinski definition) is 5. The molecule has 26 heavy (non-hydrogen) atoms. The molecule has 2 saturated heterocycles. The van der Waals surface area contributed by atoms with Crippen LogP contribution in [0.4, 0.5) is 0 Å². The number of aliphatic imine (C=N–C) groups is 1. The second kappa shape index (κ2) is 10.8. The second-order valence-electron chi connectivity index (χ2n) is 6.67. The van der Waals surface area contributed by atoms with E-state index < -0.39 is 5.60 Å². The fourth-order valence-corrected chi connectivity index (χ4v) is 5.95. The summed E-state index contributed by atoms with van der Waals surface area (Å²) >= 11 is 7.17. The van der Waals surface area contributed by atoms with E-state index in [2.05, 4.69) is 50.1 Å². The smallest absolute Gasteiger partial charge is 0.194 e. The number of halogens is 2. The molecular formula is C17H28BrIN4OS2. The molecule has 1 aromatic heterocycles. The predicted molar refractivity (Wildman–Crippen MR) is 127 cm³/mol. The van der Waals surface area contributed by atoms with Crippen molar-refractivity contribution in [2.24, 2.45) is 4.99 Å². The van der Waals surface area contributed by atoms with Gasteiger partial charge in [-0.05, 0) is 47.2 Å². The number of piperazine rings is 1. The van der Waals surface area contributed by atoms with E-state index in [4.69, 9.17) is 4.99 Å². The summed E-state index contributed by atoms with van der Waals surface area (Å²) in [5.74, 6) is 2.80. The summed E-state index contributed by atoms with van der Waals surface area (Å²) in [7, 11) is 0. The van der Waals surface area contributed by atoms with Gasteiger partial charge in [-0.25, -0.2) is 0 Å². The van der Waals surface area contributed by atoms with Crippen molar-refractivity contribution in [3.8, 4) is 0 Å². The third kappa shape index (κ3) is 6.51. The van der Waals surface area contributed by atoms with Crippen LogP contribution < -0.4 is 5.32 Å². The molecule has 2 aliphatic rings. The van der Waals surface area contributed by atoms with Crippen molar-refractivity contribution in [3.05, 3.63) is 20.8 Å². The Hall–Kier alpha value is 0.450. The molecule has 3 rings (SSSR count). The van der Waals surface area contributed by atoms with Crippen molar-refractivity contribution in [1.29, 1.82) is 0 Å². The van der Waals surface area contributed by atoms with Gasteiger partial charge in [0.05, 0.1) is 15.9 Å². The highest BCUT2D eigenvalue weighted by atomic mass is 127. The molecule has 0 aliphatic carbocycles. The van der Waals surface area contributed by atoms with E-state index in [9.17, 15) is 5.11 Å². The molecule has 0 aromatic carbocycles. The Kier molecular flexibility index (Phi) is 9.49. The first-order valence-electron chi connectivity index (χ1n) is 8.88. The summed E-state index contributed by atoms with van der Waals surface area (Å²) in [5, 5.41) is 13.9. The van der Waals surface area contributed by atoms with Gasteiger partial charge in [0.1, 0.15) is 0 Å². The molecule has 0 radical (unpaired) electrons. The van der Waals surface area contributed by atoms with Crippen molar-refractivity contribution in [2.45, 2.75) is 25.5 Å². The summed E-state index contributed by atoms with van der Waals surface area (Å²) in [6, 6.07) is 4.32. The van der Waals surface area contributed by atoms with Crippen LogP contribution in [-0.2, 0) is 6.54 Å². The van der Waals surface area contributed by atoms with Gasteiger partial charge >= 0.3 is 0 Å². The normalized spacial score (nSPS) is 24.6. The second-order valence-corrected chi connectivity index (χ2v) is 10.3.